The van der Waals surface area contributed by atoms with Crippen LogP contribution in [0.2, 0.25) is 0 Å². The summed E-state index contributed by atoms with van der Waals surface area (Å²) in [7, 11) is 3.22. The molecule has 2 heterocycles. The Labute approximate surface area is 204 Å². The maximum atomic E-state index is 13.8. The maximum absolute atomic E-state index is 13.8. The maximum Gasteiger partial charge on any atom is 0.272 e. The van der Waals surface area contributed by atoms with E-state index in [0.717, 1.165) is 22.6 Å². The molecule has 0 spiro atoms. The second-order valence-corrected chi connectivity index (χ2v) is 7.75. The SMILES string of the molecule is COc1ccc(-c2cc(C(=O)N(CCC#N)Cc3cccnc3)n(-c3ccc(OC)cc3)n2)cc1. The van der Waals surface area contributed by atoms with Gasteiger partial charge in [-0.3, -0.25) is 9.78 Å². The quantitative estimate of drug-likeness (QED) is 0.360. The first-order valence-corrected chi connectivity index (χ1v) is 11.1. The van der Waals surface area contributed by atoms with Gasteiger partial charge in [-0.1, -0.05) is 6.07 Å². The highest BCUT2D eigenvalue weighted by Gasteiger charge is 2.23. The van der Waals surface area contributed by atoms with Gasteiger partial charge in [0.05, 0.1) is 38.1 Å². The Hall–Kier alpha value is -4.64. The van der Waals surface area contributed by atoms with Crippen LogP contribution in [-0.2, 0) is 6.54 Å². The summed E-state index contributed by atoms with van der Waals surface area (Å²) < 4.78 is 12.2. The van der Waals surface area contributed by atoms with Crippen molar-refractivity contribution in [3.8, 4) is 34.5 Å². The molecule has 176 valence electrons. The Bertz CT molecular complexity index is 1310. The fourth-order valence-electron chi connectivity index (χ4n) is 3.67. The number of rotatable bonds is 9. The van der Waals surface area contributed by atoms with Crippen molar-refractivity contribution in [1.29, 1.82) is 5.26 Å². The molecule has 0 saturated heterocycles. The third-order valence-electron chi connectivity index (χ3n) is 5.51. The molecule has 4 aromatic rings. The van der Waals surface area contributed by atoms with Gasteiger partial charge < -0.3 is 14.4 Å². The Morgan fingerprint density at radius 2 is 1.71 bits per heavy atom. The molecule has 0 fully saturated rings. The molecule has 0 radical (unpaired) electrons. The van der Waals surface area contributed by atoms with E-state index in [2.05, 4.69) is 11.1 Å². The summed E-state index contributed by atoms with van der Waals surface area (Å²) in [5, 5.41) is 13.9. The highest BCUT2D eigenvalue weighted by Crippen LogP contribution is 2.26. The summed E-state index contributed by atoms with van der Waals surface area (Å²) >= 11 is 0. The van der Waals surface area contributed by atoms with Gasteiger partial charge in [0.25, 0.3) is 5.91 Å². The molecular weight excluding hydrogens is 442 g/mol. The van der Waals surface area contributed by atoms with Gasteiger partial charge in [-0.25, -0.2) is 4.68 Å². The molecule has 2 aromatic heterocycles. The minimum Gasteiger partial charge on any atom is -0.497 e. The molecular formula is C27H25N5O3. The number of nitriles is 1. The van der Waals surface area contributed by atoms with Gasteiger partial charge in [0.2, 0.25) is 0 Å². The number of methoxy groups -OCH3 is 2. The standard InChI is InChI=1S/C27H25N5O3/c1-34-23-10-6-21(7-11-23)25-17-26(32(30-25)22-8-12-24(35-2)13-9-22)27(33)31(16-4-14-28)19-20-5-3-15-29-18-20/h3,5-13,15,17-18H,4,16,19H2,1-2H3. The number of ether oxygens (including phenoxy) is 2. The van der Waals surface area contributed by atoms with Gasteiger partial charge in [0, 0.05) is 31.0 Å². The van der Waals surface area contributed by atoms with Gasteiger partial charge in [-0.05, 0) is 66.2 Å². The van der Waals surface area contributed by atoms with Crippen molar-refractivity contribution >= 4 is 5.91 Å². The molecule has 8 heteroatoms. The van der Waals surface area contributed by atoms with Crippen molar-refractivity contribution in [2.45, 2.75) is 13.0 Å². The molecule has 4 rings (SSSR count). The predicted molar refractivity (Wildman–Crippen MR) is 131 cm³/mol. The largest absolute Gasteiger partial charge is 0.497 e. The highest BCUT2D eigenvalue weighted by atomic mass is 16.5. The molecule has 0 saturated carbocycles. The van der Waals surface area contributed by atoms with Crippen LogP contribution < -0.4 is 9.47 Å². The fraction of sp³-hybridized carbons (Fsp3) is 0.185. The van der Waals surface area contributed by atoms with E-state index in [9.17, 15) is 10.1 Å². The summed E-state index contributed by atoms with van der Waals surface area (Å²) in [5.41, 5.74) is 3.49. The Kier molecular flexibility index (Phi) is 7.38. The van der Waals surface area contributed by atoms with E-state index in [1.807, 2.05) is 60.7 Å². The van der Waals surface area contributed by atoms with Crippen LogP contribution in [0, 0.1) is 11.3 Å². The summed E-state index contributed by atoms with van der Waals surface area (Å²) in [6.07, 6.45) is 3.62. The summed E-state index contributed by atoms with van der Waals surface area (Å²) in [6, 6.07) is 22.5. The molecule has 1 amide bonds. The smallest absolute Gasteiger partial charge is 0.272 e. The minimum atomic E-state index is -0.229. The van der Waals surface area contributed by atoms with Crippen molar-refractivity contribution < 1.29 is 14.3 Å². The number of amides is 1. The second-order valence-electron chi connectivity index (χ2n) is 7.75. The first kappa shape index (κ1) is 23.5. The summed E-state index contributed by atoms with van der Waals surface area (Å²) in [4.78, 5) is 19.6. The number of hydrogen-bond donors (Lipinski definition) is 0. The average Bonchev–Trinajstić information content (AvgIpc) is 3.37. The van der Waals surface area contributed by atoms with Gasteiger partial charge in [-0.2, -0.15) is 10.4 Å². The van der Waals surface area contributed by atoms with Gasteiger partial charge in [0.15, 0.2) is 0 Å². The molecule has 0 unspecified atom stereocenters. The fourth-order valence-corrected chi connectivity index (χ4v) is 3.67. The van der Waals surface area contributed by atoms with Crippen LogP contribution in [0.4, 0.5) is 0 Å². The van der Waals surface area contributed by atoms with Crippen LogP contribution in [0.15, 0.2) is 79.1 Å². The lowest BCUT2D eigenvalue weighted by atomic mass is 10.1. The lowest BCUT2D eigenvalue weighted by Gasteiger charge is -2.22. The second kappa shape index (κ2) is 11.0. The van der Waals surface area contributed by atoms with Crippen molar-refractivity contribution in [2.24, 2.45) is 0 Å². The van der Waals surface area contributed by atoms with E-state index >= 15 is 0 Å². The lowest BCUT2D eigenvalue weighted by Crippen LogP contribution is -2.33. The molecule has 0 N–H and O–H groups in total. The zero-order chi connectivity index (χ0) is 24.6. The zero-order valence-corrected chi connectivity index (χ0v) is 19.6. The number of aromatic nitrogens is 3. The molecule has 0 aliphatic heterocycles. The van der Waals surface area contributed by atoms with E-state index in [1.54, 1.807) is 42.3 Å². The highest BCUT2D eigenvalue weighted by molar-refractivity contribution is 5.94. The predicted octanol–water partition coefficient (Wildman–Crippen LogP) is 4.51. The van der Waals surface area contributed by atoms with Gasteiger partial charge >= 0.3 is 0 Å². The normalized spacial score (nSPS) is 10.4. The van der Waals surface area contributed by atoms with Crippen molar-refractivity contribution in [1.82, 2.24) is 19.7 Å². The van der Waals surface area contributed by atoms with Crippen LogP contribution in [-0.4, -0.2) is 46.3 Å². The summed E-state index contributed by atoms with van der Waals surface area (Å²) in [6.45, 7) is 0.621. The van der Waals surface area contributed by atoms with E-state index in [4.69, 9.17) is 14.6 Å². The molecule has 0 aliphatic rings. The Balaban J connectivity index is 1.76. The number of benzene rings is 2. The number of nitrogens with zero attached hydrogens (tertiary/aromatic N) is 5. The van der Waals surface area contributed by atoms with Gasteiger partial charge in [-0.15, -0.1) is 0 Å². The average molecular weight is 468 g/mol. The van der Waals surface area contributed by atoms with Crippen LogP contribution in [0.1, 0.15) is 22.5 Å². The molecule has 0 atom stereocenters. The van der Waals surface area contributed by atoms with E-state index in [-0.39, 0.29) is 18.9 Å². The first-order chi connectivity index (χ1) is 17.1. The van der Waals surface area contributed by atoms with Crippen LogP contribution >= 0.6 is 0 Å². The minimum absolute atomic E-state index is 0.216. The van der Waals surface area contributed by atoms with Gasteiger partial charge in [0.1, 0.15) is 17.2 Å². The third-order valence-corrected chi connectivity index (χ3v) is 5.51. The number of carbonyl (C=O) groups excluding carboxylic acids is 1. The number of hydrogen-bond acceptors (Lipinski definition) is 6. The van der Waals surface area contributed by atoms with Crippen LogP contribution in [0.25, 0.3) is 16.9 Å². The van der Waals surface area contributed by atoms with E-state index in [0.29, 0.717) is 23.7 Å². The third kappa shape index (κ3) is 5.47. The topological polar surface area (TPSA) is 93.3 Å². The monoisotopic (exact) mass is 467 g/mol. The Morgan fingerprint density at radius 3 is 2.31 bits per heavy atom. The van der Waals surface area contributed by atoms with Crippen LogP contribution in [0.5, 0.6) is 11.5 Å². The van der Waals surface area contributed by atoms with E-state index in [1.165, 1.54) is 0 Å². The molecule has 0 bridgehead atoms. The van der Waals surface area contributed by atoms with Crippen molar-refractivity contribution in [3.63, 3.8) is 0 Å². The molecule has 8 nitrogen and oxygen atoms in total. The zero-order valence-electron chi connectivity index (χ0n) is 19.6. The van der Waals surface area contributed by atoms with Crippen molar-refractivity contribution in [2.75, 3.05) is 20.8 Å². The van der Waals surface area contributed by atoms with Crippen molar-refractivity contribution in [3.05, 3.63) is 90.4 Å². The molecule has 35 heavy (non-hydrogen) atoms. The number of carbonyl (C=O) groups is 1. The lowest BCUT2D eigenvalue weighted by molar-refractivity contribution is 0.0737. The Morgan fingerprint density at radius 1 is 1.03 bits per heavy atom. The van der Waals surface area contributed by atoms with Crippen LogP contribution in [0.3, 0.4) is 0 Å². The molecule has 0 aliphatic carbocycles. The first-order valence-electron chi connectivity index (χ1n) is 11.1. The summed E-state index contributed by atoms with van der Waals surface area (Å²) in [5.74, 6) is 1.21. The molecule has 2 aromatic carbocycles. The number of pyridine rings is 1. The van der Waals surface area contributed by atoms with E-state index < -0.39 is 0 Å².